The molecule has 1 aromatic carbocycles. The van der Waals surface area contributed by atoms with E-state index in [0.717, 1.165) is 42.1 Å². The smallest absolute Gasteiger partial charge is 0.234 e. The molecule has 1 aliphatic heterocycles. The molecule has 4 rings (SSSR count). The van der Waals surface area contributed by atoms with Crippen LogP contribution in [0.4, 0.5) is 0 Å². The predicted molar refractivity (Wildman–Crippen MR) is 84.9 cm³/mol. The molecule has 0 radical (unpaired) electrons. The van der Waals surface area contributed by atoms with Gasteiger partial charge in [-0.15, -0.1) is 0 Å². The van der Waals surface area contributed by atoms with Gasteiger partial charge < -0.3 is 0 Å². The summed E-state index contributed by atoms with van der Waals surface area (Å²) in [4.78, 5) is 11.4. The quantitative estimate of drug-likeness (QED) is 0.717. The maximum absolute atomic E-state index is 4.63. The molecule has 0 atom stereocenters. The number of imidazole rings is 1. The summed E-state index contributed by atoms with van der Waals surface area (Å²) in [6.07, 6.45) is 4.86. The Balaban J connectivity index is 1.60. The summed E-state index contributed by atoms with van der Waals surface area (Å²) < 4.78 is 2.98. The minimum atomic E-state index is 0.747. The maximum atomic E-state index is 4.63. The third kappa shape index (κ3) is 2.36. The Morgan fingerprint density at radius 2 is 2.00 bits per heavy atom. The molecular weight excluding hydrogens is 328 g/mol. The minimum Gasteiger partial charge on any atom is -0.293 e. The Labute approximate surface area is 131 Å². The Bertz CT molecular complexity index is 796. The van der Waals surface area contributed by atoms with Gasteiger partial charge in [0, 0.05) is 32.0 Å². The average molecular weight is 343 g/mol. The fourth-order valence-electron chi connectivity index (χ4n) is 2.91. The molecule has 3 heterocycles. The molecule has 21 heavy (non-hydrogen) atoms. The van der Waals surface area contributed by atoms with Gasteiger partial charge in [-0.2, -0.15) is 0 Å². The van der Waals surface area contributed by atoms with Crippen LogP contribution < -0.4 is 0 Å². The standard InChI is InChI=1S/C16H15BrN4/c17-15-14(19-16-18-7-3-8-21(15)16)11-20-9-6-12-4-1-2-5-13(12)10-20/h1-5,7-8H,6,9-11H2. The van der Waals surface area contributed by atoms with Crippen molar-refractivity contribution in [3.05, 3.63) is 64.1 Å². The molecule has 2 aromatic heterocycles. The lowest BCUT2D eigenvalue weighted by Gasteiger charge is -2.28. The Kier molecular flexibility index (Phi) is 3.24. The van der Waals surface area contributed by atoms with Gasteiger partial charge in [-0.3, -0.25) is 9.30 Å². The molecular formula is C16H15BrN4. The first-order valence-electron chi connectivity index (χ1n) is 7.08. The van der Waals surface area contributed by atoms with E-state index in [1.807, 2.05) is 16.7 Å². The molecule has 1 aliphatic rings. The molecule has 0 bridgehead atoms. The van der Waals surface area contributed by atoms with Crippen LogP contribution in [0.15, 0.2) is 47.3 Å². The van der Waals surface area contributed by atoms with Crippen LogP contribution >= 0.6 is 15.9 Å². The molecule has 0 spiro atoms. The number of aromatic nitrogens is 3. The first-order valence-corrected chi connectivity index (χ1v) is 7.87. The van der Waals surface area contributed by atoms with E-state index in [4.69, 9.17) is 0 Å². The van der Waals surface area contributed by atoms with Gasteiger partial charge in [0.25, 0.3) is 0 Å². The van der Waals surface area contributed by atoms with E-state index in [1.54, 1.807) is 6.20 Å². The molecule has 4 nitrogen and oxygen atoms in total. The van der Waals surface area contributed by atoms with E-state index < -0.39 is 0 Å². The van der Waals surface area contributed by atoms with Crippen molar-refractivity contribution in [2.45, 2.75) is 19.5 Å². The Morgan fingerprint density at radius 3 is 2.86 bits per heavy atom. The van der Waals surface area contributed by atoms with Crippen molar-refractivity contribution in [3.8, 4) is 0 Å². The maximum Gasteiger partial charge on any atom is 0.234 e. The highest BCUT2D eigenvalue weighted by molar-refractivity contribution is 9.10. The second kappa shape index (κ2) is 5.24. The minimum absolute atomic E-state index is 0.747. The highest BCUT2D eigenvalue weighted by atomic mass is 79.9. The van der Waals surface area contributed by atoms with Crippen LogP contribution in [0.2, 0.25) is 0 Å². The summed E-state index contributed by atoms with van der Waals surface area (Å²) in [5.41, 5.74) is 3.96. The number of halogens is 1. The third-order valence-corrected chi connectivity index (χ3v) is 4.83. The number of nitrogens with zero attached hydrogens (tertiary/aromatic N) is 4. The second-order valence-electron chi connectivity index (χ2n) is 5.37. The zero-order valence-corrected chi connectivity index (χ0v) is 13.1. The molecule has 0 saturated heterocycles. The summed E-state index contributed by atoms with van der Waals surface area (Å²) in [5, 5.41) is 0. The van der Waals surface area contributed by atoms with E-state index >= 15 is 0 Å². The summed E-state index contributed by atoms with van der Waals surface area (Å²) in [6.45, 7) is 2.91. The van der Waals surface area contributed by atoms with Gasteiger partial charge >= 0.3 is 0 Å². The summed E-state index contributed by atoms with van der Waals surface area (Å²) in [5.74, 6) is 0.747. The van der Waals surface area contributed by atoms with E-state index in [2.05, 4.69) is 55.1 Å². The average Bonchev–Trinajstić information content (AvgIpc) is 2.84. The summed E-state index contributed by atoms with van der Waals surface area (Å²) in [6, 6.07) is 10.6. The number of fused-ring (bicyclic) bond motifs is 2. The molecule has 0 aliphatic carbocycles. The van der Waals surface area contributed by atoms with Crippen LogP contribution in [0.1, 0.15) is 16.8 Å². The number of hydrogen-bond donors (Lipinski definition) is 0. The molecule has 3 aromatic rings. The van der Waals surface area contributed by atoms with Crippen molar-refractivity contribution >= 4 is 21.7 Å². The fourth-order valence-corrected chi connectivity index (χ4v) is 3.40. The lowest BCUT2D eigenvalue weighted by molar-refractivity contribution is 0.242. The van der Waals surface area contributed by atoms with Gasteiger partial charge in [-0.1, -0.05) is 24.3 Å². The first-order chi connectivity index (χ1) is 10.3. The highest BCUT2D eigenvalue weighted by Crippen LogP contribution is 2.23. The van der Waals surface area contributed by atoms with Crippen molar-refractivity contribution in [2.75, 3.05) is 6.54 Å². The zero-order valence-electron chi connectivity index (χ0n) is 11.5. The molecule has 0 unspecified atom stereocenters. The van der Waals surface area contributed by atoms with Crippen molar-refractivity contribution in [1.82, 2.24) is 19.3 Å². The van der Waals surface area contributed by atoms with Crippen LogP contribution in [0.25, 0.3) is 5.78 Å². The Hall–Kier alpha value is -1.72. The SMILES string of the molecule is Brc1c(CN2CCc3ccccc3C2)nc2ncccn12. The van der Waals surface area contributed by atoms with Crippen molar-refractivity contribution in [3.63, 3.8) is 0 Å². The van der Waals surface area contributed by atoms with Gasteiger partial charge in [-0.25, -0.2) is 9.97 Å². The van der Waals surface area contributed by atoms with Crippen LogP contribution in [0.3, 0.4) is 0 Å². The van der Waals surface area contributed by atoms with Gasteiger partial charge in [0.15, 0.2) is 0 Å². The van der Waals surface area contributed by atoms with Crippen LogP contribution in [0, 0.1) is 0 Å². The van der Waals surface area contributed by atoms with Crippen molar-refractivity contribution in [2.24, 2.45) is 0 Å². The fraction of sp³-hybridized carbons (Fsp3) is 0.250. The van der Waals surface area contributed by atoms with E-state index in [1.165, 1.54) is 11.1 Å². The molecule has 0 saturated carbocycles. The molecule has 0 amide bonds. The lowest BCUT2D eigenvalue weighted by Crippen LogP contribution is -2.30. The van der Waals surface area contributed by atoms with Crippen molar-refractivity contribution in [1.29, 1.82) is 0 Å². The highest BCUT2D eigenvalue weighted by Gasteiger charge is 2.19. The number of hydrogen-bond acceptors (Lipinski definition) is 3. The van der Waals surface area contributed by atoms with Gasteiger partial charge in [0.05, 0.1) is 5.69 Å². The lowest BCUT2D eigenvalue weighted by atomic mass is 10.00. The largest absolute Gasteiger partial charge is 0.293 e. The summed E-state index contributed by atoms with van der Waals surface area (Å²) in [7, 11) is 0. The van der Waals surface area contributed by atoms with E-state index in [-0.39, 0.29) is 0 Å². The first kappa shape index (κ1) is 13.0. The second-order valence-corrected chi connectivity index (χ2v) is 6.12. The van der Waals surface area contributed by atoms with Crippen molar-refractivity contribution < 1.29 is 0 Å². The molecule has 0 fully saturated rings. The van der Waals surface area contributed by atoms with Crippen LogP contribution in [-0.2, 0) is 19.5 Å². The van der Waals surface area contributed by atoms with Gasteiger partial charge in [-0.05, 0) is 39.5 Å². The molecule has 5 heteroatoms. The Morgan fingerprint density at radius 1 is 1.14 bits per heavy atom. The molecule has 106 valence electrons. The van der Waals surface area contributed by atoms with Crippen LogP contribution in [-0.4, -0.2) is 25.8 Å². The normalized spacial score (nSPS) is 15.3. The summed E-state index contributed by atoms with van der Waals surface area (Å²) >= 11 is 3.64. The topological polar surface area (TPSA) is 33.4 Å². The number of rotatable bonds is 2. The zero-order chi connectivity index (χ0) is 14.2. The monoisotopic (exact) mass is 342 g/mol. The van der Waals surface area contributed by atoms with E-state index in [0.29, 0.717) is 0 Å². The third-order valence-electron chi connectivity index (χ3n) is 3.99. The molecule has 0 N–H and O–H groups in total. The van der Waals surface area contributed by atoms with Crippen LogP contribution in [0.5, 0.6) is 0 Å². The van der Waals surface area contributed by atoms with Gasteiger partial charge in [0.2, 0.25) is 5.78 Å². The number of benzene rings is 1. The van der Waals surface area contributed by atoms with Gasteiger partial charge in [0.1, 0.15) is 4.60 Å². The predicted octanol–water partition coefficient (Wildman–Crippen LogP) is 3.05. The van der Waals surface area contributed by atoms with E-state index in [9.17, 15) is 0 Å².